The minimum absolute atomic E-state index is 0.987. The van der Waals surface area contributed by atoms with Gasteiger partial charge in [-0.3, -0.25) is 0 Å². The minimum atomic E-state index is 0.987. The molecule has 0 saturated carbocycles. The summed E-state index contributed by atoms with van der Waals surface area (Å²) in [5.41, 5.74) is 5.62. The summed E-state index contributed by atoms with van der Waals surface area (Å²) < 4.78 is 0. The summed E-state index contributed by atoms with van der Waals surface area (Å²) in [5, 5.41) is 7.15. The number of rotatable bonds is 8. The fraction of sp³-hybridized carbons (Fsp3) is 0.217. The molecular formula is C23H27N3. The van der Waals surface area contributed by atoms with Crippen molar-refractivity contribution in [3.8, 4) is 0 Å². The molecule has 0 bridgehead atoms. The Morgan fingerprint density at radius 3 is 2.08 bits per heavy atom. The van der Waals surface area contributed by atoms with Crippen LogP contribution >= 0.6 is 0 Å². The third-order valence-electron chi connectivity index (χ3n) is 4.45. The normalized spacial score (nSPS) is 10.4. The molecule has 0 saturated heterocycles. The molecule has 3 aromatic rings. The van der Waals surface area contributed by atoms with Crippen LogP contribution in [0, 0.1) is 0 Å². The lowest BCUT2D eigenvalue weighted by Crippen LogP contribution is -2.11. The molecular weight excluding hydrogens is 318 g/mol. The van der Waals surface area contributed by atoms with E-state index in [4.69, 9.17) is 0 Å². The van der Waals surface area contributed by atoms with Crippen LogP contribution in [0.3, 0.4) is 0 Å². The lowest BCUT2D eigenvalue weighted by molar-refractivity contribution is 0.834. The Kier molecular flexibility index (Phi) is 6.15. The Hall–Kier alpha value is -2.94. The SMILES string of the molecule is CCCCNc1ccccc1Nc1ccccc1N(C)c1ccccc1. The Morgan fingerprint density at radius 2 is 1.35 bits per heavy atom. The summed E-state index contributed by atoms with van der Waals surface area (Å²) in [5.74, 6) is 0. The molecule has 0 aliphatic heterocycles. The Labute approximate surface area is 156 Å². The highest BCUT2D eigenvalue weighted by molar-refractivity contribution is 5.83. The summed E-state index contributed by atoms with van der Waals surface area (Å²) >= 11 is 0. The zero-order valence-corrected chi connectivity index (χ0v) is 15.6. The van der Waals surface area contributed by atoms with Crippen molar-refractivity contribution in [2.75, 3.05) is 29.1 Å². The molecule has 0 spiro atoms. The van der Waals surface area contributed by atoms with E-state index in [-0.39, 0.29) is 0 Å². The first kappa shape index (κ1) is 17.9. The van der Waals surface area contributed by atoms with Crippen molar-refractivity contribution >= 4 is 28.4 Å². The van der Waals surface area contributed by atoms with E-state index in [1.807, 2.05) is 6.07 Å². The van der Waals surface area contributed by atoms with Crippen LogP contribution < -0.4 is 15.5 Å². The van der Waals surface area contributed by atoms with Gasteiger partial charge >= 0.3 is 0 Å². The summed E-state index contributed by atoms with van der Waals surface area (Å²) in [4.78, 5) is 2.20. The zero-order valence-electron chi connectivity index (χ0n) is 15.6. The summed E-state index contributed by atoms with van der Waals surface area (Å²) in [6.45, 7) is 3.20. The van der Waals surface area contributed by atoms with Crippen LogP contribution in [0.4, 0.5) is 28.4 Å². The van der Waals surface area contributed by atoms with Crippen LogP contribution in [0.2, 0.25) is 0 Å². The van der Waals surface area contributed by atoms with Crippen molar-refractivity contribution in [1.82, 2.24) is 0 Å². The standard InChI is InChI=1S/C23H27N3/c1-3-4-18-24-20-14-8-9-15-21(20)25-22-16-10-11-17-23(22)26(2)19-12-6-5-7-13-19/h5-17,24-25H,3-4,18H2,1-2H3. The second kappa shape index (κ2) is 8.95. The van der Waals surface area contributed by atoms with E-state index in [1.165, 1.54) is 12.8 Å². The van der Waals surface area contributed by atoms with Gasteiger partial charge in [-0.1, -0.05) is 55.8 Å². The number of hydrogen-bond acceptors (Lipinski definition) is 3. The Balaban J connectivity index is 1.85. The van der Waals surface area contributed by atoms with Crippen LogP contribution in [0.25, 0.3) is 0 Å². The summed E-state index contributed by atoms with van der Waals surface area (Å²) in [6.07, 6.45) is 2.36. The molecule has 3 rings (SSSR count). The van der Waals surface area contributed by atoms with E-state index in [0.29, 0.717) is 0 Å². The molecule has 3 aromatic carbocycles. The molecule has 0 fully saturated rings. The molecule has 3 heteroatoms. The quantitative estimate of drug-likeness (QED) is 0.462. The first-order chi connectivity index (χ1) is 12.8. The third-order valence-corrected chi connectivity index (χ3v) is 4.45. The van der Waals surface area contributed by atoms with Crippen molar-refractivity contribution < 1.29 is 0 Å². The monoisotopic (exact) mass is 345 g/mol. The fourth-order valence-corrected chi connectivity index (χ4v) is 2.95. The maximum Gasteiger partial charge on any atom is 0.0647 e. The molecule has 0 aromatic heterocycles. The lowest BCUT2D eigenvalue weighted by Gasteiger charge is -2.24. The topological polar surface area (TPSA) is 27.3 Å². The van der Waals surface area contributed by atoms with Crippen LogP contribution in [-0.2, 0) is 0 Å². The van der Waals surface area contributed by atoms with Crippen molar-refractivity contribution in [3.63, 3.8) is 0 Å². The first-order valence-electron chi connectivity index (χ1n) is 9.27. The molecule has 0 aliphatic carbocycles. The maximum absolute atomic E-state index is 3.61. The average Bonchev–Trinajstić information content (AvgIpc) is 2.70. The largest absolute Gasteiger partial charge is 0.383 e. The molecule has 0 atom stereocenters. The van der Waals surface area contributed by atoms with E-state index in [9.17, 15) is 0 Å². The smallest absolute Gasteiger partial charge is 0.0647 e. The highest BCUT2D eigenvalue weighted by Gasteiger charge is 2.10. The summed E-state index contributed by atoms with van der Waals surface area (Å²) in [6, 6.07) is 27.2. The number of nitrogens with one attached hydrogen (secondary N) is 2. The number of unbranched alkanes of at least 4 members (excludes halogenated alkanes) is 1. The molecule has 134 valence electrons. The molecule has 3 nitrogen and oxygen atoms in total. The predicted octanol–water partition coefficient (Wildman–Crippen LogP) is 6.41. The average molecular weight is 345 g/mol. The van der Waals surface area contributed by atoms with Crippen molar-refractivity contribution in [3.05, 3.63) is 78.9 Å². The van der Waals surface area contributed by atoms with Gasteiger partial charge in [0.15, 0.2) is 0 Å². The van der Waals surface area contributed by atoms with Gasteiger partial charge in [0.2, 0.25) is 0 Å². The number of hydrogen-bond donors (Lipinski definition) is 2. The molecule has 0 amide bonds. The van der Waals surface area contributed by atoms with Crippen LogP contribution in [0.1, 0.15) is 19.8 Å². The van der Waals surface area contributed by atoms with E-state index >= 15 is 0 Å². The maximum atomic E-state index is 3.61. The van der Waals surface area contributed by atoms with Gasteiger partial charge in [-0.25, -0.2) is 0 Å². The first-order valence-corrected chi connectivity index (χ1v) is 9.27. The lowest BCUT2D eigenvalue weighted by atomic mass is 10.2. The van der Waals surface area contributed by atoms with Gasteiger partial charge in [-0.05, 0) is 42.8 Å². The molecule has 0 heterocycles. The van der Waals surface area contributed by atoms with Gasteiger partial charge < -0.3 is 15.5 Å². The molecule has 0 radical (unpaired) electrons. The number of para-hydroxylation sites is 5. The van der Waals surface area contributed by atoms with E-state index in [2.05, 4.69) is 102 Å². The van der Waals surface area contributed by atoms with Gasteiger partial charge in [0.1, 0.15) is 0 Å². The van der Waals surface area contributed by atoms with Crippen molar-refractivity contribution in [2.45, 2.75) is 19.8 Å². The van der Waals surface area contributed by atoms with Crippen LogP contribution in [0.15, 0.2) is 78.9 Å². The molecule has 0 unspecified atom stereocenters. The Bertz CT molecular complexity index is 814. The van der Waals surface area contributed by atoms with E-state index in [1.54, 1.807) is 0 Å². The number of benzene rings is 3. The third kappa shape index (κ3) is 4.37. The van der Waals surface area contributed by atoms with Crippen molar-refractivity contribution in [2.24, 2.45) is 0 Å². The highest BCUT2D eigenvalue weighted by Crippen LogP contribution is 2.34. The Morgan fingerprint density at radius 1 is 0.731 bits per heavy atom. The minimum Gasteiger partial charge on any atom is -0.383 e. The highest BCUT2D eigenvalue weighted by atomic mass is 15.1. The van der Waals surface area contributed by atoms with E-state index in [0.717, 1.165) is 35.0 Å². The van der Waals surface area contributed by atoms with Gasteiger partial charge in [-0.15, -0.1) is 0 Å². The molecule has 26 heavy (non-hydrogen) atoms. The van der Waals surface area contributed by atoms with Crippen LogP contribution in [0.5, 0.6) is 0 Å². The van der Waals surface area contributed by atoms with Crippen molar-refractivity contribution in [1.29, 1.82) is 0 Å². The van der Waals surface area contributed by atoms with Gasteiger partial charge in [0.05, 0.1) is 22.7 Å². The number of anilines is 5. The molecule has 0 aliphatic rings. The fourth-order valence-electron chi connectivity index (χ4n) is 2.95. The van der Waals surface area contributed by atoms with Crippen LogP contribution in [-0.4, -0.2) is 13.6 Å². The summed E-state index contributed by atoms with van der Waals surface area (Å²) in [7, 11) is 2.10. The molecule has 2 N–H and O–H groups in total. The predicted molar refractivity (Wildman–Crippen MR) is 114 cm³/mol. The second-order valence-corrected chi connectivity index (χ2v) is 6.36. The van der Waals surface area contributed by atoms with E-state index < -0.39 is 0 Å². The van der Waals surface area contributed by atoms with Gasteiger partial charge in [0.25, 0.3) is 0 Å². The van der Waals surface area contributed by atoms with Gasteiger partial charge in [-0.2, -0.15) is 0 Å². The van der Waals surface area contributed by atoms with Gasteiger partial charge in [0, 0.05) is 19.3 Å². The number of nitrogens with zero attached hydrogens (tertiary/aromatic N) is 1. The zero-order chi connectivity index (χ0) is 18.2. The second-order valence-electron chi connectivity index (χ2n) is 6.36.